The number of hydrogen-bond donors (Lipinski definition) is 1. The van der Waals surface area contributed by atoms with Gasteiger partial charge < -0.3 is 14.6 Å². The molecule has 2 aromatic carbocycles. The molecule has 150 valence electrons. The average Bonchev–Trinajstić information content (AvgIpc) is 2.70. The number of rotatable bonds is 7. The Morgan fingerprint density at radius 3 is 2.28 bits per heavy atom. The number of nitrogens with zero attached hydrogens (tertiary/aromatic N) is 1. The van der Waals surface area contributed by atoms with Gasteiger partial charge in [0.1, 0.15) is 6.54 Å². The zero-order chi connectivity index (χ0) is 20.8. The Morgan fingerprint density at radius 1 is 1.03 bits per heavy atom. The molecule has 0 bridgehead atoms. The van der Waals surface area contributed by atoms with Crippen LogP contribution in [0.15, 0.2) is 70.5 Å². The number of methoxy groups -OCH3 is 1. The van der Waals surface area contributed by atoms with Crippen LogP contribution in [0, 0.1) is 13.8 Å². The number of pyridine rings is 1. The maximum atomic E-state index is 12.6. The van der Waals surface area contributed by atoms with E-state index in [-0.39, 0.29) is 23.6 Å². The van der Waals surface area contributed by atoms with E-state index in [2.05, 4.69) is 29.6 Å². The van der Waals surface area contributed by atoms with Crippen molar-refractivity contribution in [1.29, 1.82) is 0 Å². The summed E-state index contributed by atoms with van der Waals surface area (Å²) in [5.74, 6) is 0.624. The van der Waals surface area contributed by atoms with Crippen molar-refractivity contribution in [3.05, 3.63) is 87.8 Å². The Morgan fingerprint density at radius 2 is 1.66 bits per heavy atom. The number of ether oxygens (including phenoxy) is 1. The third-order valence-corrected chi connectivity index (χ3v) is 5.51. The third-order valence-electron chi connectivity index (χ3n) is 4.46. The predicted molar refractivity (Wildman–Crippen MR) is 118 cm³/mol. The summed E-state index contributed by atoms with van der Waals surface area (Å²) in [6.07, 6.45) is 1.60. The third kappa shape index (κ3) is 5.74. The van der Waals surface area contributed by atoms with Gasteiger partial charge in [0.15, 0.2) is 5.75 Å². The largest absolute Gasteiger partial charge is 0.491 e. The second kappa shape index (κ2) is 9.47. The maximum absolute atomic E-state index is 12.6. The van der Waals surface area contributed by atoms with Crippen molar-refractivity contribution in [2.75, 3.05) is 12.4 Å². The monoisotopic (exact) mass is 408 g/mol. The Hall–Kier alpha value is -2.99. The average molecular weight is 409 g/mol. The van der Waals surface area contributed by atoms with Gasteiger partial charge in [0.25, 0.3) is 0 Å². The minimum absolute atomic E-state index is 0.0916. The summed E-state index contributed by atoms with van der Waals surface area (Å²) in [6, 6.07) is 17.4. The fourth-order valence-electron chi connectivity index (χ4n) is 2.80. The number of benzene rings is 2. The van der Waals surface area contributed by atoms with E-state index in [0.29, 0.717) is 5.75 Å². The van der Waals surface area contributed by atoms with E-state index in [1.165, 1.54) is 12.7 Å². The summed E-state index contributed by atoms with van der Waals surface area (Å²) in [5, 5.41) is 2.89. The molecule has 1 heterocycles. The number of nitrogens with one attached hydrogen (secondary N) is 1. The Bertz CT molecular complexity index is 1040. The van der Waals surface area contributed by atoms with E-state index >= 15 is 0 Å². The van der Waals surface area contributed by atoms with Gasteiger partial charge in [-0.2, -0.15) is 0 Å². The first-order chi connectivity index (χ1) is 13.9. The highest BCUT2D eigenvalue weighted by atomic mass is 32.2. The molecule has 0 aliphatic heterocycles. The fourth-order valence-corrected chi connectivity index (χ4v) is 3.69. The lowest BCUT2D eigenvalue weighted by Gasteiger charge is -2.15. The summed E-state index contributed by atoms with van der Waals surface area (Å²) >= 11 is 1.62. The number of carbonyl (C=O) groups excluding carboxylic acids is 1. The summed E-state index contributed by atoms with van der Waals surface area (Å²) < 4.78 is 6.93. The predicted octanol–water partition coefficient (Wildman–Crippen LogP) is 4.40. The van der Waals surface area contributed by atoms with E-state index in [9.17, 15) is 9.59 Å². The normalized spacial score (nSPS) is 10.6. The lowest BCUT2D eigenvalue weighted by molar-refractivity contribution is -0.116. The number of aromatic nitrogens is 1. The van der Waals surface area contributed by atoms with Gasteiger partial charge in [0.05, 0.1) is 13.3 Å². The maximum Gasteiger partial charge on any atom is 0.244 e. The molecule has 0 fully saturated rings. The molecule has 1 N–H and O–H groups in total. The first-order valence-electron chi connectivity index (χ1n) is 9.28. The first-order valence-corrected chi connectivity index (χ1v) is 10.3. The standard InChI is InChI=1S/C23H24N2O3S/c1-16-4-8-18(9-5-16)24-23(27)14-25-13-22(28-3)21(26)12-19(25)15-29-20-10-6-17(2)7-11-20/h4-13H,14-15H2,1-3H3,(H,24,27). The first kappa shape index (κ1) is 20.7. The lowest BCUT2D eigenvalue weighted by atomic mass is 10.2. The van der Waals surface area contributed by atoms with Crippen molar-refractivity contribution in [3.8, 4) is 5.75 Å². The van der Waals surface area contributed by atoms with Gasteiger partial charge in [-0.25, -0.2) is 0 Å². The van der Waals surface area contributed by atoms with Crippen LogP contribution in [0.25, 0.3) is 0 Å². The summed E-state index contributed by atoms with van der Waals surface area (Å²) in [6.45, 7) is 4.13. The van der Waals surface area contributed by atoms with Crippen molar-refractivity contribution >= 4 is 23.4 Å². The topological polar surface area (TPSA) is 60.3 Å². The van der Waals surface area contributed by atoms with E-state index in [4.69, 9.17) is 4.74 Å². The smallest absolute Gasteiger partial charge is 0.244 e. The van der Waals surface area contributed by atoms with Gasteiger partial charge in [0, 0.05) is 28.1 Å². The van der Waals surface area contributed by atoms with Gasteiger partial charge in [-0.15, -0.1) is 11.8 Å². The Labute approximate surface area is 174 Å². The molecule has 3 rings (SSSR count). The quantitative estimate of drug-likeness (QED) is 0.589. The van der Waals surface area contributed by atoms with Crippen LogP contribution in [0.1, 0.15) is 16.8 Å². The fraction of sp³-hybridized carbons (Fsp3) is 0.217. The van der Waals surface area contributed by atoms with Gasteiger partial charge >= 0.3 is 0 Å². The molecular formula is C23H24N2O3S. The van der Waals surface area contributed by atoms with Crippen LogP contribution >= 0.6 is 11.8 Å². The van der Waals surface area contributed by atoms with Gasteiger partial charge in [-0.05, 0) is 38.1 Å². The minimum atomic E-state index is -0.192. The van der Waals surface area contributed by atoms with E-state index in [1.807, 2.05) is 38.1 Å². The van der Waals surface area contributed by atoms with Crippen LogP contribution < -0.4 is 15.5 Å². The van der Waals surface area contributed by atoms with Crippen LogP contribution in [-0.4, -0.2) is 17.6 Å². The van der Waals surface area contributed by atoms with Crippen LogP contribution in [0.5, 0.6) is 5.75 Å². The SMILES string of the molecule is COc1cn(CC(=O)Nc2ccc(C)cc2)c(CSc2ccc(C)cc2)cc1=O. The molecule has 1 aromatic heterocycles. The number of aryl methyl sites for hydroxylation is 2. The minimum Gasteiger partial charge on any atom is -0.491 e. The van der Waals surface area contributed by atoms with Crippen molar-refractivity contribution in [2.24, 2.45) is 0 Å². The van der Waals surface area contributed by atoms with Crippen molar-refractivity contribution in [3.63, 3.8) is 0 Å². The van der Waals surface area contributed by atoms with Crippen molar-refractivity contribution in [1.82, 2.24) is 4.57 Å². The van der Waals surface area contributed by atoms with Gasteiger partial charge in [-0.1, -0.05) is 35.4 Å². The number of hydrogen-bond acceptors (Lipinski definition) is 4. The van der Waals surface area contributed by atoms with Gasteiger partial charge in [0.2, 0.25) is 11.3 Å². The van der Waals surface area contributed by atoms with E-state index in [1.54, 1.807) is 28.6 Å². The molecule has 0 atom stereocenters. The second-order valence-corrected chi connectivity index (χ2v) is 7.89. The van der Waals surface area contributed by atoms with Crippen molar-refractivity contribution in [2.45, 2.75) is 31.0 Å². The molecule has 0 aliphatic rings. The number of anilines is 1. The highest BCUT2D eigenvalue weighted by molar-refractivity contribution is 7.98. The zero-order valence-electron chi connectivity index (χ0n) is 16.8. The molecule has 5 nitrogen and oxygen atoms in total. The van der Waals surface area contributed by atoms with Gasteiger partial charge in [-0.3, -0.25) is 9.59 Å². The number of carbonyl (C=O) groups is 1. The number of amides is 1. The highest BCUT2D eigenvalue weighted by Crippen LogP contribution is 2.23. The summed E-state index contributed by atoms with van der Waals surface area (Å²) in [5.41, 5.74) is 3.64. The molecule has 0 spiro atoms. The second-order valence-electron chi connectivity index (χ2n) is 6.84. The molecule has 3 aromatic rings. The Balaban J connectivity index is 1.77. The molecule has 0 radical (unpaired) electrons. The van der Waals surface area contributed by atoms with Crippen LogP contribution in [0.3, 0.4) is 0 Å². The summed E-state index contributed by atoms with van der Waals surface area (Å²) in [4.78, 5) is 25.9. The Kier molecular flexibility index (Phi) is 6.77. The van der Waals surface area contributed by atoms with Crippen molar-refractivity contribution < 1.29 is 9.53 Å². The number of thioether (sulfide) groups is 1. The van der Waals surface area contributed by atoms with Crippen LogP contribution in [-0.2, 0) is 17.1 Å². The molecular weight excluding hydrogens is 384 g/mol. The molecule has 1 amide bonds. The van der Waals surface area contributed by atoms with Crippen LogP contribution in [0.2, 0.25) is 0 Å². The van der Waals surface area contributed by atoms with Crippen LogP contribution in [0.4, 0.5) is 5.69 Å². The van der Waals surface area contributed by atoms with E-state index in [0.717, 1.165) is 21.8 Å². The molecule has 0 saturated carbocycles. The summed E-state index contributed by atoms with van der Waals surface area (Å²) in [7, 11) is 1.45. The molecule has 29 heavy (non-hydrogen) atoms. The molecule has 0 aliphatic carbocycles. The molecule has 0 unspecified atom stereocenters. The molecule has 0 saturated heterocycles. The van der Waals surface area contributed by atoms with E-state index < -0.39 is 0 Å². The lowest BCUT2D eigenvalue weighted by Crippen LogP contribution is -2.22. The zero-order valence-corrected chi connectivity index (χ0v) is 17.6. The highest BCUT2D eigenvalue weighted by Gasteiger charge is 2.11. The molecule has 6 heteroatoms.